The average molecular weight is 232 g/mol. The van der Waals surface area contributed by atoms with E-state index in [-0.39, 0.29) is 0 Å². The van der Waals surface area contributed by atoms with Crippen LogP contribution in [0.25, 0.3) is 11.1 Å². The maximum atomic E-state index is 8.53. The van der Waals surface area contributed by atoms with E-state index in [1.165, 1.54) is 18.2 Å². The third-order valence-corrected chi connectivity index (χ3v) is 2.50. The minimum absolute atomic E-state index is 0.526. The van der Waals surface area contributed by atoms with Gasteiger partial charge in [0, 0.05) is 0 Å². The SMILES string of the molecule is CSC(=Nc1cccc2ocnc12)NC#N. The number of aliphatic imine (C=N–C) groups is 1. The Labute approximate surface area is 96.2 Å². The molecule has 2 aromatic rings. The fourth-order valence-electron chi connectivity index (χ4n) is 1.24. The maximum absolute atomic E-state index is 8.53. The van der Waals surface area contributed by atoms with E-state index in [4.69, 9.17) is 9.68 Å². The molecule has 0 fully saturated rings. The Morgan fingerprint density at radius 1 is 1.62 bits per heavy atom. The van der Waals surface area contributed by atoms with Crippen molar-refractivity contribution in [1.29, 1.82) is 5.26 Å². The lowest BCUT2D eigenvalue weighted by molar-refractivity contribution is 0.602. The average Bonchev–Trinajstić information content (AvgIpc) is 2.77. The van der Waals surface area contributed by atoms with E-state index < -0.39 is 0 Å². The van der Waals surface area contributed by atoms with Gasteiger partial charge in [-0.1, -0.05) is 17.8 Å². The molecule has 0 radical (unpaired) electrons. The smallest absolute Gasteiger partial charge is 0.183 e. The van der Waals surface area contributed by atoms with Gasteiger partial charge in [-0.25, -0.2) is 9.98 Å². The van der Waals surface area contributed by atoms with Crippen molar-refractivity contribution in [2.75, 3.05) is 6.26 Å². The highest BCUT2D eigenvalue weighted by molar-refractivity contribution is 8.13. The maximum Gasteiger partial charge on any atom is 0.183 e. The summed E-state index contributed by atoms with van der Waals surface area (Å²) in [7, 11) is 0. The van der Waals surface area contributed by atoms with Gasteiger partial charge in [0.2, 0.25) is 0 Å². The third kappa shape index (κ3) is 1.99. The molecule has 0 saturated heterocycles. The number of aromatic nitrogens is 1. The van der Waals surface area contributed by atoms with Gasteiger partial charge in [-0.2, -0.15) is 5.26 Å². The van der Waals surface area contributed by atoms with Crippen LogP contribution in [0.2, 0.25) is 0 Å². The van der Waals surface area contributed by atoms with Crippen LogP contribution in [0.5, 0.6) is 0 Å². The fraction of sp³-hybridized carbons (Fsp3) is 0.100. The molecule has 5 nitrogen and oxygen atoms in total. The van der Waals surface area contributed by atoms with Crippen molar-refractivity contribution in [3.05, 3.63) is 24.6 Å². The second-order valence-electron chi connectivity index (χ2n) is 2.83. The minimum atomic E-state index is 0.526. The number of nitrogens with zero attached hydrogens (tertiary/aromatic N) is 3. The highest BCUT2D eigenvalue weighted by Gasteiger charge is 2.04. The number of thioether (sulfide) groups is 1. The molecule has 1 aromatic carbocycles. The van der Waals surface area contributed by atoms with E-state index in [2.05, 4.69) is 15.3 Å². The van der Waals surface area contributed by atoms with Crippen molar-refractivity contribution in [2.45, 2.75) is 0 Å². The summed E-state index contributed by atoms with van der Waals surface area (Å²) in [5, 5.41) is 11.6. The lowest BCUT2D eigenvalue weighted by atomic mass is 10.3. The molecule has 0 amide bonds. The van der Waals surface area contributed by atoms with Crippen LogP contribution in [-0.2, 0) is 0 Å². The van der Waals surface area contributed by atoms with Gasteiger partial charge in [0.15, 0.2) is 23.3 Å². The molecule has 1 aromatic heterocycles. The summed E-state index contributed by atoms with van der Waals surface area (Å²) < 4.78 is 5.16. The zero-order valence-electron chi connectivity index (χ0n) is 8.47. The van der Waals surface area contributed by atoms with Crippen LogP contribution in [0, 0.1) is 11.5 Å². The first-order valence-electron chi connectivity index (χ1n) is 4.45. The van der Waals surface area contributed by atoms with Gasteiger partial charge in [0.1, 0.15) is 5.52 Å². The monoisotopic (exact) mass is 232 g/mol. The molecular weight excluding hydrogens is 224 g/mol. The van der Waals surface area contributed by atoms with Crippen LogP contribution in [0.3, 0.4) is 0 Å². The minimum Gasteiger partial charge on any atom is -0.443 e. The van der Waals surface area contributed by atoms with Crippen molar-refractivity contribution in [2.24, 2.45) is 4.99 Å². The molecule has 0 aliphatic carbocycles. The summed E-state index contributed by atoms with van der Waals surface area (Å²) in [5.41, 5.74) is 2.05. The van der Waals surface area contributed by atoms with E-state index in [9.17, 15) is 0 Å². The van der Waals surface area contributed by atoms with Crippen LogP contribution in [0.1, 0.15) is 0 Å². The lowest BCUT2D eigenvalue weighted by Crippen LogP contribution is -2.12. The molecule has 6 heteroatoms. The largest absolute Gasteiger partial charge is 0.443 e. The molecule has 0 unspecified atom stereocenters. The van der Waals surface area contributed by atoms with E-state index >= 15 is 0 Å². The second kappa shape index (κ2) is 4.68. The standard InChI is InChI=1S/C10H8N4OS/c1-16-10(12-5-11)14-7-3-2-4-8-9(7)13-6-15-8/h2-4,6H,1H3,(H,12,14). The first-order valence-corrected chi connectivity index (χ1v) is 5.67. The van der Waals surface area contributed by atoms with Crippen LogP contribution >= 0.6 is 11.8 Å². The Bertz CT molecular complexity index is 569. The first-order chi connectivity index (χ1) is 7.85. The molecule has 1 heterocycles. The molecule has 0 aliphatic heterocycles. The fourth-order valence-corrected chi connectivity index (χ4v) is 1.58. The summed E-state index contributed by atoms with van der Waals surface area (Å²) in [4.78, 5) is 8.36. The van der Waals surface area contributed by atoms with E-state index in [0.29, 0.717) is 22.0 Å². The molecule has 16 heavy (non-hydrogen) atoms. The molecule has 0 saturated carbocycles. The number of hydrogen-bond donors (Lipinski definition) is 1. The van der Waals surface area contributed by atoms with Gasteiger partial charge in [-0.05, 0) is 18.4 Å². The number of amidine groups is 1. The lowest BCUT2D eigenvalue weighted by Gasteiger charge is -1.99. The van der Waals surface area contributed by atoms with Gasteiger partial charge in [-0.3, -0.25) is 5.32 Å². The van der Waals surface area contributed by atoms with E-state index in [0.717, 1.165) is 0 Å². The normalized spacial score (nSPS) is 11.4. The number of nitriles is 1. The van der Waals surface area contributed by atoms with Gasteiger partial charge < -0.3 is 4.42 Å². The molecule has 0 spiro atoms. The van der Waals surface area contributed by atoms with Crippen LogP contribution < -0.4 is 5.32 Å². The summed E-state index contributed by atoms with van der Waals surface area (Å²) >= 11 is 1.36. The topological polar surface area (TPSA) is 74.2 Å². The number of fused-ring (bicyclic) bond motifs is 1. The Hall–Kier alpha value is -2.00. The first kappa shape index (κ1) is 10.5. The Morgan fingerprint density at radius 2 is 2.50 bits per heavy atom. The Kier molecular flexibility index (Phi) is 3.08. The number of nitrogens with one attached hydrogen (secondary N) is 1. The van der Waals surface area contributed by atoms with Gasteiger partial charge in [0.25, 0.3) is 0 Å². The Morgan fingerprint density at radius 3 is 3.25 bits per heavy atom. The summed E-state index contributed by atoms with van der Waals surface area (Å²) in [6, 6.07) is 5.47. The highest BCUT2D eigenvalue weighted by Crippen LogP contribution is 2.24. The van der Waals surface area contributed by atoms with Crippen molar-refractivity contribution in [3.8, 4) is 6.19 Å². The van der Waals surface area contributed by atoms with Gasteiger partial charge in [0.05, 0.1) is 5.69 Å². The summed E-state index contributed by atoms with van der Waals surface area (Å²) in [6.45, 7) is 0. The predicted molar refractivity (Wildman–Crippen MR) is 63.4 cm³/mol. The quantitative estimate of drug-likeness (QED) is 0.353. The third-order valence-electron chi connectivity index (χ3n) is 1.92. The highest BCUT2D eigenvalue weighted by atomic mass is 32.2. The molecule has 1 N–H and O–H groups in total. The van der Waals surface area contributed by atoms with Crippen molar-refractivity contribution in [3.63, 3.8) is 0 Å². The van der Waals surface area contributed by atoms with Crippen LogP contribution in [0.4, 0.5) is 5.69 Å². The summed E-state index contributed by atoms with van der Waals surface area (Å²) in [5.74, 6) is 0. The van der Waals surface area contributed by atoms with Gasteiger partial charge in [-0.15, -0.1) is 0 Å². The van der Waals surface area contributed by atoms with E-state index in [1.54, 1.807) is 0 Å². The van der Waals surface area contributed by atoms with Crippen molar-refractivity contribution >= 4 is 33.7 Å². The van der Waals surface area contributed by atoms with Crippen molar-refractivity contribution < 1.29 is 4.42 Å². The molecule has 0 atom stereocenters. The zero-order valence-corrected chi connectivity index (χ0v) is 9.28. The van der Waals surface area contributed by atoms with Crippen LogP contribution in [0.15, 0.2) is 34.0 Å². The van der Waals surface area contributed by atoms with E-state index in [1.807, 2.05) is 30.6 Å². The zero-order chi connectivity index (χ0) is 11.4. The number of para-hydroxylation sites is 1. The number of benzene rings is 1. The number of oxazole rings is 1. The van der Waals surface area contributed by atoms with Gasteiger partial charge >= 0.3 is 0 Å². The number of hydrogen-bond acceptors (Lipinski definition) is 5. The molecule has 0 bridgehead atoms. The molecule has 80 valence electrons. The predicted octanol–water partition coefficient (Wildman–Crippen LogP) is 2.25. The summed E-state index contributed by atoms with van der Waals surface area (Å²) in [6.07, 6.45) is 5.05. The second-order valence-corrected chi connectivity index (χ2v) is 3.63. The molecule has 0 aliphatic rings. The van der Waals surface area contributed by atoms with Crippen LogP contribution in [-0.4, -0.2) is 16.4 Å². The number of rotatable bonds is 1. The van der Waals surface area contributed by atoms with Crippen molar-refractivity contribution in [1.82, 2.24) is 10.3 Å². The molecule has 2 rings (SSSR count). The Balaban J connectivity index is 2.47. The molecular formula is C10H8N4OS.